The molecule has 1 aromatic heterocycles. The minimum atomic E-state index is -0.209. The molecule has 0 spiro atoms. The molecule has 3 rings (SSSR count). The van der Waals surface area contributed by atoms with Gasteiger partial charge in [0, 0.05) is 24.6 Å². The number of aryl methyl sites for hydroxylation is 2. The third-order valence-corrected chi connectivity index (χ3v) is 5.16. The maximum atomic E-state index is 13.0. The van der Waals surface area contributed by atoms with Gasteiger partial charge >= 0.3 is 6.03 Å². The molecule has 1 fully saturated rings. The zero-order valence-electron chi connectivity index (χ0n) is 16.0. The molecule has 2 heterocycles. The van der Waals surface area contributed by atoms with Crippen LogP contribution in [0.4, 0.5) is 10.5 Å². The molecule has 0 bridgehead atoms. The highest BCUT2D eigenvalue weighted by molar-refractivity contribution is 6.32. The fourth-order valence-corrected chi connectivity index (χ4v) is 3.80. The number of methoxy groups -OCH3 is 2. The van der Waals surface area contributed by atoms with Crippen molar-refractivity contribution in [2.24, 2.45) is 0 Å². The van der Waals surface area contributed by atoms with Crippen molar-refractivity contribution in [3.05, 3.63) is 34.2 Å². The van der Waals surface area contributed by atoms with Crippen molar-refractivity contribution in [3.63, 3.8) is 0 Å². The number of benzene rings is 1. The van der Waals surface area contributed by atoms with Gasteiger partial charge in [-0.2, -0.15) is 0 Å². The molecule has 1 aliphatic rings. The van der Waals surface area contributed by atoms with Crippen molar-refractivity contribution < 1.29 is 18.8 Å². The lowest BCUT2D eigenvalue weighted by Crippen LogP contribution is -2.35. The smallest absolute Gasteiger partial charge is 0.322 e. The van der Waals surface area contributed by atoms with Gasteiger partial charge in [0.15, 0.2) is 0 Å². The zero-order chi connectivity index (χ0) is 19.6. The van der Waals surface area contributed by atoms with E-state index < -0.39 is 0 Å². The number of hydrogen-bond acceptors (Lipinski definition) is 5. The fourth-order valence-electron chi connectivity index (χ4n) is 3.56. The van der Waals surface area contributed by atoms with Crippen molar-refractivity contribution in [3.8, 4) is 11.5 Å². The van der Waals surface area contributed by atoms with Gasteiger partial charge in [0.1, 0.15) is 17.3 Å². The van der Waals surface area contributed by atoms with Crippen molar-refractivity contribution in [2.45, 2.75) is 39.2 Å². The molecule has 1 saturated heterocycles. The molecule has 2 amide bonds. The Morgan fingerprint density at radius 2 is 2.11 bits per heavy atom. The van der Waals surface area contributed by atoms with Crippen molar-refractivity contribution in [1.82, 2.24) is 10.1 Å². The first-order valence-corrected chi connectivity index (χ1v) is 9.32. The molecule has 1 atom stereocenters. The first-order chi connectivity index (χ1) is 13.0. The lowest BCUT2D eigenvalue weighted by molar-refractivity contribution is 0.206. The highest BCUT2D eigenvalue weighted by atomic mass is 35.5. The summed E-state index contributed by atoms with van der Waals surface area (Å²) < 4.78 is 16.0. The SMILES string of the molecule is CCc1onc(C)c1C1CCCN1C(=O)Nc1cc(Cl)c(OC)cc1OC. The predicted molar refractivity (Wildman–Crippen MR) is 103 cm³/mol. The van der Waals surface area contributed by atoms with E-state index >= 15 is 0 Å². The molecule has 7 nitrogen and oxygen atoms in total. The van der Waals surface area contributed by atoms with Crippen molar-refractivity contribution in [2.75, 3.05) is 26.1 Å². The number of amides is 2. The predicted octanol–water partition coefficient (Wildman–Crippen LogP) is 4.59. The van der Waals surface area contributed by atoms with Crippen LogP contribution in [0.3, 0.4) is 0 Å². The Morgan fingerprint density at radius 3 is 2.78 bits per heavy atom. The van der Waals surface area contributed by atoms with Gasteiger partial charge in [-0.05, 0) is 25.8 Å². The Morgan fingerprint density at radius 1 is 1.37 bits per heavy atom. The van der Waals surface area contributed by atoms with Crippen LogP contribution in [0.2, 0.25) is 5.02 Å². The van der Waals surface area contributed by atoms with E-state index in [1.54, 1.807) is 12.1 Å². The summed E-state index contributed by atoms with van der Waals surface area (Å²) in [5, 5.41) is 7.40. The topological polar surface area (TPSA) is 76.8 Å². The molecule has 0 aliphatic carbocycles. The molecule has 2 aromatic rings. The number of carbonyl (C=O) groups is 1. The molecular weight excluding hydrogens is 370 g/mol. The van der Waals surface area contributed by atoms with E-state index in [2.05, 4.69) is 10.5 Å². The van der Waals surface area contributed by atoms with Crippen LogP contribution in [0, 0.1) is 6.92 Å². The zero-order valence-corrected chi connectivity index (χ0v) is 16.7. The second-order valence-corrected chi connectivity index (χ2v) is 6.83. The summed E-state index contributed by atoms with van der Waals surface area (Å²) >= 11 is 6.21. The second kappa shape index (κ2) is 8.08. The van der Waals surface area contributed by atoms with Crippen LogP contribution in [0.15, 0.2) is 16.7 Å². The Kier molecular flexibility index (Phi) is 5.79. The summed E-state index contributed by atoms with van der Waals surface area (Å²) in [6, 6.07) is 3.02. The van der Waals surface area contributed by atoms with E-state index in [1.807, 2.05) is 18.7 Å². The average Bonchev–Trinajstić information content (AvgIpc) is 3.27. The number of aromatic nitrogens is 1. The minimum absolute atomic E-state index is 0.0501. The first kappa shape index (κ1) is 19.4. The normalized spacial score (nSPS) is 16.5. The quantitative estimate of drug-likeness (QED) is 0.804. The molecule has 0 radical (unpaired) electrons. The van der Waals surface area contributed by atoms with Crippen LogP contribution in [-0.4, -0.2) is 36.9 Å². The molecule has 146 valence electrons. The summed E-state index contributed by atoms with van der Waals surface area (Å²) in [7, 11) is 3.06. The summed E-state index contributed by atoms with van der Waals surface area (Å²) in [5.74, 6) is 1.80. The third kappa shape index (κ3) is 3.69. The van der Waals surface area contributed by atoms with Crippen molar-refractivity contribution >= 4 is 23.3 Å². The number of nitrogens with one attached hydrogen (secondary N) is 1. The number of ether oxygens (including phenoxy) is 2. The fraction of sp³-hybridized carbons (Fsp3) is 0.474. The number of hydrogen-bond donors (Lipinski definition) is 1. The number of halogens is 1. The Balaban J connectivity index is 1.85. The van der Waals surface area contributed by atoms with Gasteiger partial charge in [-0.15, -0.1) is 0 Å². The molecule has 27 heavy (non-hydrogen) atoms. The lowest BCUT2D eigenvalue weighted by Gasteiger charge is -2.25. The summed E-state index contributed by atoms with van der Waals surface area (Å²) in [6.45, 7) is 4.60. The first-order valence-electron chi connectivity index (χ1n) is 8.94. The number of nitrogens with zero attached hydrogens (tertiary/aromatic N) is 2. The number of urea groups is 1. The standard InChI is InChI=1S/C19H24ClN3O4/c1-5-15-18(11(2)22-27-15)14-7-6-8-23(14)19(24)21-13-9-12(20)16(25-3)10-17(13)26-4/h9-10,14H,5-8H2,1-4H3,(H,21,24). The van der Waals surface area contributed by atoms with E-state index in [0.717, 1.165) is 36.3 Å². The molecule has 1 aromatic carbocycles. The van der Waals surface area contributed by atoms with E-state index in [-0.39, 0.29) is 12.1 Å². The van der Waals surface area contributed by atoms with Crippen molar-refractivity contribution in [1.29, 1.82) is 0 Å². The average molecular weight is 394 g/mol. The van der Waals surface area contributed by atoms with E-state index in [4.69, 9.17) is 25.6 Å². The molecular formula is C19H24ClN3O4. The van der Waals surface area contributed by atoms with Crippen LogP contribution >= 0.6 is 11.6 Å². The second-order valence-electron chi connectivity index (χ2n) is 6.43. The van der Waals surface area contributed by atoms with Crippen LogP contribution in [0.25, 0.3) is 0 Å². The maximum absolute atomic E-state index is 13.0. The van der Waals surface area contributed by atoms with Gasteiger partial charge in [-0.25, -0.2) is 4.79 Å². The molecule has 1 N–H and O–H groups in total. The van der Waals surface area contributed by atoms with Crippen LogP contribution in [0.1, 0.15) is 42.8 Å². The summed E-state index contributed by atoms with van der Waals surface area (Å²) in [5.41, 5.74) is 2.35. The highest BCUT2D eigenvalue weighted by Crippen LogP contribution is 2.39. The largest absolute Gasteiger partial charge is 0.495 e. The Bertz CT molecular complexity index is 837. The van der Waals surface area contributed by atoms with Crippen LogP contribution < -0.4 is 14.8 Å². The number of likely N-dealkylation sites (tertiary alicyclic amines) is 1. The number of carbonyl (C=O) groups excluding carboxylic acids is 1. The molecule has 8 heteroatoms. The molecule has 0 saturated carbocycles. The molecule has 1 aliphatic heterocycles. The van der Waals surface area contributed by atoms with Gasteiger partial charge < -0.3 is 24.2 Å². The summed E-state index contributed by atoms with van der Waals surface area (Å²) in [4.78, 5) is 14.8. The van der Waals surface area contributed by atoms with E-state index in [9.17, 15) is 4.79 Å². The van der Waals surface area contributed by atoms with Crippen LogP contribution in [0.5, 0.6) is 11.5 Å². The van der Waals surface area contributed by atoms with Gasteiger partial charge in [0.2, 0.25) is 0 Å². The molecule has 1 unspecified atom stereocenters. The number of anilines is 1. The van der Waals surface area contributed by atoms with Gasteiger partial charge in [-0.3, -0.25) is 0 Å². The minimum Gasteiger partial charge on any atom is -0.495 e. The monoisotopic (exact) mass is 393 g/mol. The summed E-state index contributed by atoms with van der Waals surface area (Å²) in [6.07, 6.45) is 2.54. The van der Waals surface area contributed by atoms with E-state index in [0.29, 0.717) is 28.8 Å². The van der Waals surface area contributed by atoms with Crippen LogP contribution in [-0.2, 0) is 6.42 Å². The highest BCUT2D eigenvalue weighted by Gasteiger charge is 2.34. The lowest BCUT2D eigenvalue weighted by atomic mass is 10.0. The Hall–Kier alpha value is -2.41. The number of rotatable bonds is 5. The van der Waals surface area contributed by atoms with E-state index in [1.165, 1.54) is 14.2 Å². The Labute approximate surface area is 163 Å². The van der Waals surface area contributed by atoms with Gasteiger partial charge in [-0.1, -0.05) is 23.7 Å². The maximum Gasteiger partial charge on any atom is 0.322 e. The van der Waals surface area contributed by atoms with Gasteiger partial charge in [0.05, 0.1) is 36.7 Å². The third-order valence-electron chi connectivity index (χ3n) is 4.87. The van der Waals surface area contributed by atoms with Gasteiger partial charge in [0.25, 0.3) is 0 Å².